The highest BCUT2D eigenvalue weighted by molar-refractivity contribution is 6.31. The van der Waals surface area contributed by atoms with Gasteiger partial charge in [0, 0.05) is 30.3 Å². The van der Waals surface area contributed by atoms with Crippen LogP contribution in [0.1, 0.15) is 33.3 Å². The molecule has 0 fully saturated rings. The van der Waals surface area contributed by atoms with Crippen LogP contribution in [-0.2, 0) is 6.54 Å². The summed E-state index contributed by atoms with van der Waals surface area (Å²) in [5.41, 5.74) is 2.38. The number of hydrogen-bond donors (Lipinski definition) is 1. The van der Waals surface area contributed by atoms with Crippen molar-refractivity contribution in [2.75, 3.05) is 24.5 Å². The molecule has 0 aliphatic rings. The number of benzene rings is 1. The number of nitrogens with one attached hydrogen (secondary N) is 1. The Kier molecular flexibility index (Phi) is 6.51. The average Bonchev–Trinajstić information content (AvgIpc) is 2.33. The zero-order valence-corrected chi connectivity index (χ0v) is 12.7. The Balaban J connectivity index is 2.67. The van der Waals surface area contributed by atoms with Gasteiger partial charge >= 0.3 is 0 Å². The van der Waals surface area contributed by atoms with Crippen LogP contribution >= 0.6 is 11.6 Å². The molecule has 1 aromatic rings. The monoisotopic (exact) mass is 268 g/mol. The fourth-order valence-corrected chi connectivity index (χ4v) is 2.20. The van der Waals surface area contributed by atoms with Gasteiger partial charge in [-0.05, 0) is 44.0 Å². The summed E-state index contributed by atoms with van der Waals surface area (Å²) in [6.45, 7) is 12.6. The summed E-state index contributed by atoms with van der Waals surface area (Å²) in [5.74, 6) is 0.665. The van der Waals surface area contributed by atoms with Gasteiger partial charge in [0.2, 0.25) is 0 Å². The molecule has 0 aromatic heterocycles. The molecule has 3 heteroatoms. The zero-order valence-electron chi connectivity index (χ0n) is 12.0. The Hall–Kier alpha value is -0.730. The van der Waals surface area contributed by atoms with Crippen LogP contribution < -0.4 is 10.2 Å². The number of rotatable bonds is 7. The summed E-state index contributed by atoms with van der Waals surface area (Å²) in [6.07, 6.45) is 0. The summed E-state index contributed by atoms with van der Waals surface area (Å²) in [7, 11) is 0. The lowest BCUT2D eigenvalue weighted by molar-refractivity contribution is 0.552. The van der Waals surface area contributed by atoms with Crippen molar-refractivity contribution in [2.24, 2.45) is 5.92 Å². The Morgan fingerprint density at radius 2 is 1.89 bits per heavy atom. The molecule has 1 rings (SSSR count). The highest BCUT2D eigenvalue weighted by Crippen LogP contribution is 2.23. The molecule has 1 N–H and O–H groups in total. The molecule has 102 valence electrons. The van der Waals surface area contributed by atoms with E-state index in [4.69, 9.17) is 11.6 Å². The minimum absolute atomic E-state index is 0.665. The molecule has 1 aromatic carbocycles. The highest BCUT2D eigenvalue weighted by atomic mass is 35.5. The van der Waals surface area contributed by atoms with E-state index >= 15 is 0 Å². The van der Waals surface area contributed by atoms with E-state index < -0.39 is 0 Å². The molecule has 0 heterocycles. The average molecular weight is 269 g/mol. The van der Waals surface area contributed by atoms with Gasteiger partial charge in [-0.1, -0.05) is 31.5 Å². The van der Waals surface area contributed by atoms with Gasteiger partial charge in [0.05, 0.1) is 0 Å². The lowest BCUT2D eigenvalue weighted by Gasteiger charge is -2.22. The first-order chi connectivity index (χ1) is 8.58. The van der Waals surface area contributed by atoms with Crippen molar-refractivity contribution in [2.45, 2.75) is 34.2 Å². The van der Waals surface area contributed by atoms with E-state index in [1.165, 1.54) is 11.3 Å². The molecule has 0 unspecified atom stereocenters. The van der Waals surface area contributed by atoms with Crippen LogP contribution in [0.4, 0.5) is 5.69 Å². The summed E-state index contributed by atoms with van der Waals surface area (Å²) >= 11 is 6.34. The maximum absolute atomic E-state index is 6.34. The van der Waals surface area contributed by atoms with Crippen molar-refractivity contribution in [1.29, 1.82) is 0 Å². The Morgan fingerprint density at radius 1 is 1.22 bits per heavy atom. The summed E-state index contributed by atoms with van der Waals surface area (Å²) < 4.78 is 0. The highest BCUT2D eigenvalue weighted by Gasteiger charge is 2.06. The minimum atomic E-state index is 0.665. The molecule has 0 radical (unpaired) electrons. The van der Waals surface area contributed by atoms with Crippen LogP contribution in [0.3, 0.4) is 0 Å². The van der Waals surface area contributed by atoms with E-state index in [9.17, 15) is 0 Å². The van der Waals surface area contributed by atoms with Crippen LogP contribution in [0, 0.1) is 5.92 Å². The standard InChI is InChI=1S/C15H25ClN2/c1-5-18(6-2)14-8-7-13(15(16)9-14)11-17-10-12(3)4/h7-9,12,17H,5-6,10-11H2,1-4H3. The van der Waals surface area contributed by atoms with Gasteiger partial charge in [-0.3, -0.25) is 0 Å². The van der Waals surface area contributed by atoms with Crippen LogP contribution in [0.2, 0.25) is 5.02 Å². The Bertz CT molecular complexity index is 360. The van der Waals surface area contributed by atoms with Crippen molar-refractivity contribution in [3.8, 4) is 0 Å². The van der Waals surface area contributed by atoms with E-state index in [-0.39, 0.29) is 0 Å². The van der Waals surface area contributed by atoms with Gasteiger partial charge < -0.3 is 10.2 Å². The van der Waals surface area contributed by atoms with Crippen LogP contribution in [0.5, 0.6) is 0 Å². The quantitative estimate of drug-likeness (QED) is 0.806. The maximum atomic E-state index is 6.34. The van der Waals surface area contributed by atoms with Crippen molar-refractivity contribution < 1.29 is 0 Å². The molecule has 2 nitrogen and oxygen atoms in total. The lowest BCUT2D eigenvalue weighted by atomic mass is 10.1. The molecule has 0 aliphatic carbocycles. The van der Waals surface area contributed by atoms with Crippen molar-refractivity contribution >= 4 is 17.3 Å². The zero-order chi connectivity index (χ0) is 13.5. The fraction of sp³-hybridized carbons (Fsp3) is 0.600. The molecule has 0 spiro atoms. The number of anilines is 1. The van der Waals surface area contributed by atoms with Crippen molar-refractivity contribution in [3.05, 3.63) is 28.8 Å². The predicted molar refractivity (Wildman–Crippen MR) is 81.6 cm³/mol. The third kappa shape index (κ3) is 4.51. The van der Waals surface area contributed by atoms with E-state index in [1.54, 1.807) is 0 Å². The van der Waals surface area contributed by atoms with Crippen LogP contribution in [0.25, 0.3) is 0 Å². The van der Waals surface area contributed by atoms with Crippen molar-refractivity contribution in [3.63, 3.8) is 0 Å². The molecule has 0 amide bonds. The largest absolute Gasteiger partial charge is 0.372 e. The molecule has 0 bridgehead atoms. The number of halogens is 1. The molecule has 0 saturated heterocycles. The summed E-state index contributed by atoms with van der Waals surface area (Å²) in [6, 6.07) is 6.36. The van der Waals surface area contributed by atoms with Crippen molar-refractivity contribution in [1.82, 2.24) is 5.32 Å². The van der Waals surface area contributed by atoms with E-state index in [2.05, 4.69) is 56.1 Å². The van der Waals surface area contributed by atoms with Gasteiger partial charge in [0.1, 0.15) is 0 Å². The minimum Gasteiger partial charge on any atom is -0.372 e. The predicted octanol–water partition coefficient (Wildman–Crippen LogP) is 3.93. The van der Waals surface area contributed by atoms with Crippen LogP contribution in [-0.4, -0.2) is 19.6 Å². The fourth-order valence-electron chi connectivity index (χ4n) is 1.96. The lowest BCUT2D eigenvalue weighted by Crippen LogP contribution is -2.22. The second-order valence-corrected chi connectivity index (χ2v) is 5.38. The SMILES string of the molecule is CCN(CC)c1ccc(CNCC(C)C)c(Cl)c1. The topological polar surface area (TPSA) is 15.3 Å². The molecular weight excluding hydrogens is 244 g/mol. The summed E-state index contributed by atoms with van der Waals surface area (Å²) in [5, 5.41) is 4.28. The van der Waals surface area contributed by atoms with E-state index in [0.717, 1.165) is 31.2 Å². The molecule has 0 atom stereocenters. The second-order valence-electron chi connectivity index (χ2n) is 4.97. The van der Waals surface area contributed by atoms with Gasteiger partial charge in [-0.15, -0.1) is 0 Å². The number of hydrogen-bond acceptors (Lipinski definition) is 2. The first-order valence-corrected chi connectivity index (χ1v) is 7.20. The third-order valence-electron chi connectivity index (χ3n) is 3.03. The van der Waals surface area contributed by atoms with Crippen LogP contribution in [0.15, 0.2) is 18.2 Å². The van der Waals surface area contributed by atoms with E-state index in [0.29, 0.717) is 5.92 Å². The smallest absolute Gasteiger partial charge is 0.0471 e. The van der Waals surface area contributed by atoms with E-state index in [1.807, 2.05) is 0 Å². The normalized spacial score (nSPS) is 11.0. The second kappa shape index (κ2) is 7.65. The first kappa shape index (κ1) is 15.3. The molecule has 18 heavy (non-hydrogen) atoms. The molecular formula is C15H25ClN2. The third-order valence-corrected chi connectivity index (χ3v) is 3.39. The molecule has 0 aliphatic heterocycles. The molecule has 0 saturated carbocycles. The van der Waals surface area contributed by atoms with Gasteiger partial charge in [0.15, 0.2) is 0 Å². The first-order valence-electron chi connectivity index (χ1n) is 6.82. The van der Waals surface area contributed by atoms with Gasteiger partial charge in [-0.2, -0.15) is 0 Å². The number of nitrogens with zero attached hydrogens (tertiary/aromatic N) is 1. The maximum Gasteiger partial charge on any atom is 0.0471 e. The van der Waals surface area contributed by atoms with Gasteiger partial charge in [0.25, 0.3) is 0 Å². The van der Waals surface area contributed by atoms with Gasteiger partial charge in [-0.25, -0.2) is 0 Å². The Morgan fingerprint density at radius 3 is 2.39 bits per heavy atom. The Labute approximate surface area is 116 Å². The summed E-state index contributed by atoms with van der Waals surface area (Å²) in [4.78, 5) is 2.30.